The second-order valence-electron chi connectivity index (χ2n) is 4.96. The number of non-ortho nitro benzene ring substituents is 1. The second kappa shape index (κ2) is 5.75. The fourth-order valence-corrected chi connectivity index (χ4v) is 1.68. The van der Waals surface area contributed by atoms with Gasteiger partial charge in [0, 0.05) is 23.2 Å². The van der Waals surface area contributed by atoms with Crippen LogP contribution in [0.4, 0.5) is 5.69 Å². The number of hydrogen-bond acceptors (Lipinski definition) is 4. The standard InChI is InChI=1S/C12H15N3O3S/c1-12(2,3)14-11(19)13-10(16)8-4-6-9(7-5-8)15(17)18/h4-7H,1-3H3,(H2,13,14,16,19). The molecule has 0 atom stereocenters. The Balaban J connectivity index is 2.68. The molecule has 0 aliphatic heterocycles. The molecule has 1 aromatic rings. The van der Waals surface area contributed by atoms with Gasteiger partial charge >= 0.3 is 0 Å². The number of amides is 1. The Labute approximate surface area is 116 Å². The lowest BCUT2D eigenvalue weighted by Gasteiger charge is -2.22. The molecule has 0 bridgehead atoms. The maximum Gasteiger partial charge on any atom is 0.269 e. The number of benzene rings is 1. The van der Waals surface area contributed by atoms with E-state index in [1.54, 1.807) is 0 Å². The molecule has 0 aromatic heterocycles. The van der Waals surface area contributed by atoms with Gasteiger partial charge in [-0.15, -0.1) is 0 Å². The van der Waals surface area contributed by atoms with Crippen LogP contribution in [0.5, 0.6) is 0 Å². The molecular weight excluding hydrogens is 266 g/mol. The van der Waals surface area contributed by atoms with Crippen molar-refractivity contribution in [1.29, 1.82) is 0 Å². The monoisotopic (exact) mass is 281 g/mol. The summed E-state index contributed by atoms with van der Waals surface area (Å²) in [4.78, 5) is 21.8. The van der Waals surface area contributed by atoms with E-state index in [0.717, 1.165) is 0 Å². The summed E-state index contributed by atoms with van der Waals surface area (Å²) in [5.74, 6) is -0.406. The van der Waals surface area contributed by atoms with E-state index in [4.69, 9.17) is 12.2 Å². The number of rotatable bonds is 2. The summed E-state index contributed by atoms with van der Waals surface area (Å²) in [6.45, 7) is 5.74. The molecule has 0 spiro atoms. The van der Waals surface area contributed by atoms with Crippen molar-refractivity contribution in [2.24, 2.45) is 0 Å². The molecule has 0 heterocycles. The number of nitro benzene ring substituents is 1. The molecule has 6 nitrogen and oxygen atoms in total. The lowest BCUT2D eigenvalue weighted by molar-refractivity contribution is -0.384. The van der Waals surface area contributed by atoms with E-state index in [9.17, 15) is 14.9 Å². The van der Waals surface area contributed by atoms with Crippen molar-refractivity contribution in [3.63, 3.8) is 0 Å². The van der Waals surface area contributed by atoms with Crippen LogP contribution in [0.3, 0.4) is 0 Å². The Bertz CT molecular complexity index is 506. The van der Waals surface area contributed by atoms with Crippen molar-refractivity contribution in [2.45, 2.75) is 26.3 Å². The quantitative estimate of drug-likeness (QED) is 0.492. The van der Waals surface area contributed by atoms with E-state index in [-0.39, 0.29) is 16.3 Å². The van der Waals surface area contributed by atoms with Gasteiger partial charge in [-0.05, 0) is 45.1 Å². The highest BCUT2D eigenvalue weighted by molar-refractivity contribution is 7.80. The summed E-state index contributed by atoms with van der Waals surface area (Å²) < 4.78 is 0. The molecule has 2 N–H and O–H groups in total. The van der Waals surface area contributed by atoms with Crippen molar-refractivity contribution in [3.8, 4) is 0 Å². The minimum atomic E-state index is -0.520. The van der Waals surface area contributed by atoms with Crippen molar-refractivity contribution in [1.82, 2.24) is 10.6 Å². The van der Waals surface area contributed by atoms with Crippen LogP contribution in [0.2, 0.25) is 0 Å². The lowest BCUT2D eigenvalue weighted by atomic mass is 10.1. The Hall–Kier alpha value is -2.02. The van der Waals surface area contributed by atoms with Gasteiger partial charge in [0.05, 0.1) is 4.92 Å². The summed E-state index contributed by atoms with van der Waals surface area (Å²) in [6, 6.07) is 5.31. The first-order valence-corrected chi connectivity index (χ1v) is 5.98. The molecule has 0 saturated heterocycles. The minimum absolute atomic E-state index is 0.0630. The summed E-state index contributed by atoms with van der Waals surface area (Å²) in [6.07, 6.45) is 0. The smallest absolute Gasteiger partial charge is 0.269 e. The van der Waals surface area contributed by atoms with Crippen LogP contribution < -0.4 is 10.6 Å². The number of carbonyl (C=O) groups is 1. The number of nitrogens with zero attached hydrogens (tertiary/aromatic N) is 1. The van der Waals surface area contributed by atoms with Gasteiger partial charge in [-0.3, -0.25) is 20.2 Å². The van der Waals surface area contributed by atoms with Gasteiger partial charge in [0.25, 0.3) is 11.6 Å². The van der Waals surface area contributed by atoms with Crippen LogP contribution in [0, 0.1) is 10.1 Å². The predicted molar refractivity (Wildman–Crippen MR) is 76.0 cm³/mol. The average molecular weight is 281 g/mol. The number of hydrogen-bond donors (Lipinski definition) is 2. The lowest BCUT2D eigenvalue weighted by Crippen LogP contribution is -2.48. The Morgan fingerprint density at radius 3 is 2.21 bits per heavy atom. The zero-order valence-electron chi connectivity index (χ0n) is 10.9. The molecular formula is C12H15N3O3S. The zero-order chi connectivity index (χ0) is 14.6. The Morgan fingerprint density at radius 2 is 1.79 bits per heavy atom. The van der Waals surface area contributed by atoms with Gasteiger partial charge in [0.1, 0.15) is 0 Å². The molecule has 1 rings (SSSR count). The third-order valence-electron chi connectivity index (χ3n) is 2.06. The molecule has 1 aromatic carbocycles. The molecule has 0 aliphatic rings. The van der Waals surface area contributed by atoms with Gasteiger partial charge < -0.3 is 5.32 Å². The van der Waals surface area contributed by atoms with E-state index in [1.165, 1.54) is 24.3 Å². The van der Waals surface area contributed by atoms with Gasteiger partial charge in [-0.25, -0.2) is 0 Å². The summed E-state index contributed by atoms with van der Waals surface area (Å²) in [5.41, 5.74) is -0.00423. The van der Waals surface area contributed by atoms with E-state index in [2.05, 4.69) is 10.6 Å². The summed E-state index contributed by atoms with van der Waals surface area (Å²) in [5, 5.41) is 16.2. The SMILES string of the molecule is CC(C)(C)NC(=S)NC(=O)c1ccc([N+](=O)[O-])cc1. The van der Waals surface area contributed by atoms with E-state index < -0.39 is 10.8 Å². The molecule has 0 aliphatic carbocycles. The van der Waals surface area contributed by atoms with Crippen molar-refractivity contribution in [2.75, 3.05) is 0 Å². The molecule has 0 saturated carbocycles. The third-order valence-corrected chi connectivity index (χ3v) is 2.26. The first-order valence-electron chi connectivity index (χ1n) is 5.57. The highest BCUT2D eigenvalue weighted by Crippen LogP contribution is 2.11. The molecule has 0 fully saturated rings. The third kappa shape index (κ3) is 5.01. The number of nitro groups is 1. The van der Waals surface area contributed by atoms with Gasteiger partial charge in [0.2, 0.25) is 0 Å². The molecule has 0 unspecified atom stereocenters. The second-order valence-corrected chi connectivity index (χ2v) is 5.37. The molecule has 0 radical (unpaired) electrons. The minimum Gasteiger partial charge on any atom is -0.358 e. The van der Waals surface area contributed by atoms with E-state index >= 15 is 0 Å². The number of carbonyl (C=O) groups excluding carboxylic acids is 1. The fourth-order valence-electron chi connectivity index (χ4n) is 1.28. The maximum atomic E-state index is 11.8. The van der Waals surface area contributed by atoms with Gasteiger partial charge in [-0.2, -0.15) is 0 Å². The molecule has 102 valence electrons. The Kier molecular flexibility index (Phi) is 4.55. The first kappa shape index (κ1) is 15.0. The van der Waals surface area contributed by atoms with Crippen LogP contribution in [0.25, 0.3) is 0 Å². The number of thiocarbonyl (C=S) groups is 1. The topological polar surface area (TPSA) is 84.3 Å². The van der Waals surface area contributed by atoms with Gasteiger partial charge in [0.15, 0.2) is 5.11 Å². The van der Waals surface area contributed by atoms with Crippen molar-refractivity contribution >= 4 is 28.9 Å². The van der Waals surface area contributed by atoms with Crippen molar-refractivity contribution < 1.29 is 9.72 Å². The van der Waals surface area contributed by atoms with Crippen LogP contribution in [0.15, 0.2) is 24.3 Å². The molecule has 1 amide bonds. The zero-order valence-corrected chi connectivity index (χ0v) is 11.7. The predicted octanol–water partition coefficient (Wildman–Crippen LogP) is 2.00. The van der Waals surface area contributed by atoms with Crippen LogP contribution in [-0.4, -0.2) is 21.5 Å². The highest BCUT2D eigenvalue weighted by Gasteiger charge is 2.14. The van der Waals surface area contributed by atoms with Gasteiger partial charge in [-0.1, -0.05) is 0 Å². The van der Waals surface area contributed by atoms with E-state index in [1.807, 2.05) is 20.8 Å². The van der Waals surface area contributed by atoms with Crippen LogP contribution in [0.1, 0.15) is 31.1 Å². The largest absolute Gasteiger partial charge is 0.358 e. The highest BCUT2D eigenvalue weighted by atomic mass is 32.1. The van der Waals surface area contributed by atoms with Crippen LogP contribution >= 0.6 is 12.2 Å². The summed E-state index contributed by atoms with van der Waals surface area (Å²) in [7, 11) is 0. The van der Waals surface area contributed by atoms with Crippen molar-refractivity contribution in [3.05, 3.63) is 39.9 Å². The maximum absolute atomic E-state index is 11.8. The fraction of sp³-hybridized carbons (Fsp3) is 0.333. The number of nitrogens with one attached hydrogen (secondary N) is 2. The Morgan fingerprint density at radius 1 is 1.26 bits per heavy atom. The molecule has 19 heavy (non-hydrogen) atoms. The molecule has 7 heteroatoms. The normalized spacial score (nSPS) is 10.7. The van der Waals surface area contributed by atoms with E-state index in [0.29, 0.717) is 5.56 Å². The van der Waals surface area contributed by atoms with Crippen LogP contribution in [-0.2, 0) is 0 Å². The summed E-state index contributed by atoms with van der Waals surface area (Å²) >= 11 is 4.99. The first-order chi connectivity index (χ1) is 8.69. The average Bonchev–Trinajstić information content (AvgIpc) is 2.26.